The van der Waals surface area contributed by atoms with Crippen LogP contribution in [-0.2, 0) is 6.54 Å². The Hall–Kier alpha value is -1.94. The van der Waals surface area contributed by atoms with E-state index in [1.54, 1.807) is 36.7 Å². The summed E-state index contributed by atoms with van der Waals surface area (Å²) in [7, 11) is 0. The first-order chi connectivity index (χ1) is 9.20. The normalized spacial score (nSPS) is 9.79. The van der Waals surface area contributed by atoms with Gasteiger partial charge in [-0.25, -0.2) is 0 Å². The van der Waals surface area contributed by atoms with E-state index in [2.05, 4.69) is 15.0 Å². The van der Waals surface area contributed by atoms with E-state index in [0.717, 1.165) is 0 Å². The summed E-state index contributed by atoms with van der Waals surface area (Å²) in [5.41, 5.74) is 9.01. The van der Waals surface area contributed by atoms with Gasteiger partial charge in [-0.2, -0.15) is 0 Å². The summed E-state index contributed by atoms with van der Waals surface area (Å²) in [4.78, 5) is 6.66. The van der Waals surface area contributed by atoms with Crippen molar-refractivity contribution in [1.82, 2.24) is 4.98 Å². The molecule has 0 saturated heterocycles. The van der Waals surface area contributed by atoms with E-state index in [1.165, 1.54) is 0 Å². The van der Waals surface area contributed by atoms with Crippen molar-refractivity contribution in [1.29, 1.82) is 0 Å². The highest BCUT2D eigenvalue weighted by molar-refractivity contribution is 6.34. The Balaban J connectivity index is 2.32. The number of benzene rings is 1. The molecule has 0 aliphatic heterocycles. The summed E-state index contributed by atoms with van der Waals surface area (Å²) in [5, 5.41) is 4.45. The summed E-state index contributed by atoms with van der Waals surface area (Å²) in [6.07, 6.45) is 3.15. The van der Waals surface area contributed by atoms with Gasteiger partial charge in [0.05, 0.1) is 11.6 Å². The summed E-state index contributed by atoms with van der Waals surface area (Å²) in [6.45, 7) is 0.151. The number of halogens is 2. The Morgan fingerprint density at radius 2 is 2.11 bits per heavy atom. The average molecular weight is 295 g/mol. The van der Waals surface area contributed by atoms with Crippen LogP contribution >= 0.6 is 23.2 Å². The maximum absolute atomic E-state index is 8.35. The van der Waals surface area contributed by atoms with Crippen LogP contribution in [0.1, 0.15) is 5.56 Å². The van der Waals surface area contributed by atoms with Gasteiger partial charge in [-0.3, -0.25) is 4.98 Å². The molecule has 0 atom stereocenters. The number of rotatable bonds is 4. The third-order valence-electron chi connectivity index (χ3n) is 2.28. The highest BCUT2D eigenvalue weighted by atomic mass is 35.5. The van der Waals surface area contributed by atoms with Gasteiger partial charge in [-0.15, -0.1) is 0 Å². The van der Waals surface area contributed by atoms with Crippen LogP contribution in [-0.4, -0.2) is 4.98 Å². The van der Waals surface area contributed by atoms with Crippen LogP contribution in [0.15, 0.2) is 41.8 Å². The molecule has 0 bridgehead atoms. The lowest BCUT2D eigenvalue weighted by Crippen LogP contribution is -1.92. The summed E-state index contributed by atoms with van der Waals surface area (Å²) in [6, 6.07) is 6.60. The van der Waals surface area contributed by atoms with E-state index in [9.17, 15) is 0 Å². The van der Waals surface area contributed by atoms with Gasteiger partial charge >= 0.3 is 0 Å². The molecule has 7 heteroatoms. The predicted molar refractivity (Wildman–Crippen MR) is 73.6 cm³/mol. The van der Waals surface area contributed by atoms with E-state index in [4.69, 9.17) is 33.5 Å². The fraction of sp³-hybridized carbons (Fsp3) is 0.0833. The molecule has 0 radical (unpaired) electrons. The monoisotopic (exact) mass is 294 g/mol. The number of hydrogen-bond acceptors (Lipinski definition) is 3. The van der Waals surface area contributed by atoms with Crippen molar-refractivity contribution in [2.45, 2.75) is 6.54 Å². The number of pyridine rings is 1. The van der Waals surface area contributed by atoms with E-state index in [0.29, 0.717) is 27.1 Å². The van der Waals surface area contributed by atoms with Gasteiger partial charge in [-0.1, -0.05) is 28.3 Å². The molecule has 1 heterocycles. The fourth-order valence-electron chi connectivity index (χ4n) is 1.41. The number of azide groups is 1. The Morgan fingerprint density at radius 3 is 2.89 bits per heavy atom. The third kappa shape index (κ3) is 3.51. The zero-order chi connectivity index (χ0) is 13.7. The van der Waals surface area contributed by atoms with Crippen molar-refractivity contribution in [3.05, 3.63) is 62.7 Å². The molecule has 19 heavy (non-hydrogen) atoms. The Kier molecular flexibility index (Phi) is 4.47. The largest absolute Gasteiger partial charge is 0.455 e. The standard InChI is InChI=1S/C12H8Cl2N4O/c13-9-1-2-10(14)12(5-9)19-11-3-4-16-6-8(11)7-17-18-15/h1-6H,7H2. The Bertz CT molecular complexity index is 641. The molecule has 0 unspecified atom stereocenters. The second-order valence-electron chi connectivity index (χ2n) is 3.55. The summed E-state index contributed by atoms with van der Waals surface area (Å²) < 4.78 is 5.68. The van der Waals surface area contributed by atoms with Crippen molar-refractivity contribution in [2.24, 2.45) is 5.11 Å². The van der Waals surface area contributed by atoms with Crippen LogP contribution in [0.3, 0.4) is 0 Å². The van der Waals surface area contributed by atoms with E-state index >= 15 is 0 Å². The van der Waals surface area contributed by atoms with Crippen LogP contribution < -0.4 is 4.74 Å². The van der Waals surface area contributed by atoms with Crippen LogP contribution in [0.5, 0.6) is 11.5 Å². The quantitative estimate of drug-likeness (QED) is 0.453. The first-order valence-corrected chi connectivity index (χ1v) is 6.03. The lowest BCUT2D eigenvalue weighted by atomic mass is 10.2. The molecule has 1 aromatic heterocycles. The lowest BCUT2D eigenvalue weighted by molar-refractivity contribution is 0.475. The molecule has 2 aromatic rings. The second-order valence-corrected chi connectivity index (χ2v) is 4.39. The van der Waals surface area contributed by atoms with Crippen LogP contribution in [0, 0.1) is 0 Å². The van der Waals surface area contributed by atoms with Crippen LogP contribution in [0.25, 0.3) is 10.4 Å². The average Bonchev–Trinajstić information content (AvgIpc) is 2.42. The number of nitrogens with zero attached hydrogens (tertiary/aromatic N) is 4. The molecule has 0 N–H and O–H groups in total. The number of ether oxygens (including phenoxy) is 1. The van der Waals surface area contributed by atoms with E-state index < -0.39 is 0 Å². The van der Waals surface area contributed by atoms with Crippen molar-refractivity contribution in [3.63, 3.8) is 0 Å². The maximum atomic E-state index is 8.35. The topological polar surface area (TPSA) is 70.9 Å². The SMILES string of the molecule is [N-]=[N+]=NCc1cnccc1Oc1cc(Cl)ccc1Cl. The maximum Gasteiger partial charge on any atom is 0.147 e. The molecule has 5 nitrogen and oxygen atoms in total. The molecule has 0 aliphatic rings. The smallest absolute Gasteiger partial charge is 0.147 e. The van der Waals surface area contributed by atoms with E-state index in [-0.39, 0.29) is 6.54 Å². The van der Waals surface area contributed by atoms with Gasteiger partial charge in [-0.05, 0) is 23.7 Å². The molecule has 0 spiro atoms. The highest BCUT2D eigenvalue weighted by Gasteiger charge is 2.08. The molecule has 1 aromatic carbocycles. The molecule has 0 amide bonds. The van der Waals surface area contributed by atoms with Gasteiger partial charge in [0.15, 0.2) is 0 Å². The number of hydrogen-bond donors (Lipinski definition) is 0. The van der Waals surface area contributed by atoms with Crippen molar-refractivity contribution < 1.29 is 4.74 Å². The predicted octanol–water partition coefficient (Wildman–Crippen LogP) is 4.99. The van der Waals surface area contributed by atoms with Gasteiger partial charge in [0, 0.05) is 34.0 Å². The summed E-state index contributed by atoms with van der Waals surface area (Å²) in [5.74, 6) is 0.953. The van der Waals surface area contributed by atoms with E-state index in [1.807, 2.05) is 0 Å². The van der Waals surface area contributed by atoms with Gasteiger partial charge < -0.3 is 4.74 Å². The molecule has 0 saturated carbocycles. The summed E-state index contributed by atoms with van der Waals surface area (Å²) >= 11 is 11.9. The minimum Gasteiger partial charge on any atom is -0.455 e. The minimum atomic E-state index is 0.151. The number of aromatic nitrogens is 1. The molecule has 96 valence electrons. The van der Waals surface area contributed by atoms with Crippen LogP contribution in [0.4, 0.5) is 0 Å². The van der Waals surface area contributed by atoms with Crippen molar-refractivity contribution >= 4 is 23.2 Å². The zero-order valence-electron chi connectivity index (χ0n) is 9.62. The molecular formula is C12H8Cl2N4O. The first kappa shape index (κ1) is 13.5. The van der Waals surface area contributed by atoms with Gasteiger partial charge in [0.25, 0.3) is 0 Å². The molecule has 2 rings (SSSR count). The minimum absolute atomic E-state index is 0.151. The fourth-order valence-corrected chi connectivity index (χ4v) is 1.73. The molecule has 0 aliphatic carbocycles. The Labute approximate surface area is 119 Å². The second kappa shape index (κ2) is 6.29. The molecular weight excluding hydrogens is 287 g/mol. The van der Waals surface area contributed by atoms with Crippen molar-refractivity contribution in [2.75, 3.05) is 0 Å². The van der Waals surface area contributed by atoms with Crippen LogP contribution in [0.2, 0.25) is 10.0 Å². The van der Waals surface area contributed by atoms with Gasteiger partial charge in [0.1, 0.15) is 11.5 Å². The first-order valence-electron chi connectivity index (χ1n) is 5.27. The van der Waals surface area contributed by atoms with Gasteiger partial charge in [0.2, 0.25) is 0 Å². The third-order valence-corrected chi connectivity index (χ3v) is 2.82. The highest BCUT2D eigenvalue weighted by Crippen LogP contribution is 2.33. The Morgan fingerprint density at radius 1 is 1.26 bits per heavy atom. The van der Waals surface area contributed by atoms with Crippen molar-refractivity contribution in [3.8, 4) is 11.5 Å². The molecule has 0 fully saturated rings. The lowest BCUT2D eigenvalue weighted by Gasteiger charge is -2.10. The zero-order valence-corrected chi connectivity index (χ0v) is 11.1.